The predicted octanol–water partition coefficient (Wildman–Crippen LogP) is 0.715. The van der Waals surface area contributed by atoms with Crippen molar-refractivity contribution in [2.45, 2.75) is 6.92 Å². The minimum absolute atomic E-state index is 0.111. The molecule has 0 atom stereocenters. The van der Waals surface area contributed by atoms with E-state index >= 15 is 0 Å². The van der Waals surface area contributed by atoms with Gasteiger partial charge in [-0.15, -0.1) is 0 Å². The van der Waals surface area contributed by atoms with Crippen LogP contribution in [0.15, 0.2) is 23.8 Å². The second-order valence-corrected chi connectivity index (χ2v) is 5.46. The summed E-state index contributed by atoms with van der Waals surface area (Å²) in [6.07, 6.45) is 1.37. The summed E-state index contributed by atoms with van der Waals surface area (Å²) in [5.41, 5.74) is 5.54. The van der Waals surface area contributed by atoms with Crippen molar-refractivity contribution in [1.29, 1.82) is 5.26 Å². The first-order valence-electron chi connectivity index (χ1n) is 8.22. The molecule has 2 amide bonds. The van der Waals surface area contributed by atoms with Gasteiger partial charge in [-0.3, -0.25) is 9.59 Å². The molecule has 1 saturated heterocycles. The molecule has 0 spiro atoms. The van der Waals surface area contributed by atoms with Gasteiger partial charge in [0, 0.05) is 13.1 Å². The molecule has 0 bridgehead atoms. The zero-order chi connectivity index (χ0) is 18.9. The third-order valence-electron chi connectivity index (χ3n) is 3.68. The maximum Gasteiger partial charge on any atom is 0.260 e. The second-order valence-electron chi connectivity index (χ2n) is 5.46. The van der Waals surface area contributed by atoms with Crippen LogP contribution < -0.4 is 15.2 Å². The Labute approximate surface area is 151 Å². The number of carbonyl (C=O) groups is 2. The summed E-state index contributed by atoms with van der Waals surface area (Å²) in [5.74, 6) is -0.108. The number of hydrogen-bond donors (Lipinski definition) is 1. The molecule has 2 N–H and O–H groups in total. The summed E-state index contributed by atoms with van der Waals surface area (Å²) in [5, 5.41) is 8.93. The minimum Gasteiger partial charge on any atom is -0.490 e. The van der Waals surface area contributed by atoms with Gasteiger partial charge in [-0.1, -0.05) is 6.07 Å². The number of hydrogen-bond acceptors (Lipinski definition) is 6. The van der Waals surface area contributed by atoms with Crippen LogP contribution in [0.25, 0.3) is 6.08 Å². The van der Waals surface area contributed by atoms with Crippen LogP contribution in [0, 0.1) is 11.3 Å². The lowest BCUT2D eigenvalue weighted by Crippen LogP contribution is -2.43. The van der Waals surface area contributed by atoms with Crippen molar-refractivity contribution < 1.29 is 23.8 Å². The van der Waals surface area contributed by atoms with E-state index in [1.807, 2.05) is 6.92 Å². The average molecular weight is 359 g/mol. The van der Waals surface area contributed by atoms with E-state index in [0.717, 1.165) is 0 Å². The minimum atomic E-state index is -0.804. The van der Waals surface area contributed by atoms with Gasteiger partial charge in [0.25, 0.3) is 11.8 Å². The van der Waals surface area contributed by atoms with Crippen molar-refractivity contribution in [3.63, 3.8) is 0 Å². The second kappa shape index (κ2) is 9.44. The molecule has 0 unspecified atom stereocenters. The van der Waals surface area contributed by atoms with Crippen LogP contribution >= 0.6 is 0 Å². The average Bonchev–Trinajstić information content (AvgIpc) is 2.65. The van der Waals surface area contributed by atoms with E-state index in [1.54, 1.807) is 29.2 Å². The number of benzene rings is 1. The molecule has 1 aromatic carbocycles. The van der Waals surface area contributed by atoms with E-state index in [2.05, 4.69) is 0 Å². The van der Waals surface area contributed by atoms with Crippen LogP contribution in [-0.2, 0) is 14.3 Å². The van der Waals surface area contributed by atoms with Gasteiger partial charge in [-0.05, 0) is 30.7 Å². The van der Waals surface area contributed by atoms with Crippen molar-refractivity contribution in [2.75, 3.05) is 39.5 Å². The number of nitrogens with two attached hydrogens (primary N) is 1. The third-order valence-corrected chi connectivity index (χ3v) is 3.68. The molecule has 0 saturated carbocycles. The van der Waals surface area contributed by atoms with Gasteiger partial charge in [0.2, 0.25) is 0 Å². The molecule has 0 aromatic heterocycles. The van der Waals surface area contributed by atoms with Crippen molar-refractivity contribution in [2.24, 2.45) is 5.73 Å². The SMILES string of the molecule is CCOc1cc(/C=C(\C#N)C(N)=O)ccc1OCC(=O)N1CCOCC1. The van der Waals surface area contributed by atoms with E-state index in [4.69, 9.17) is 25.2 Å². The van der Waals surface area contributed by atoms with Crippen molar-refractivity contribution in [3.8, 4) is 17.6 Å². The monoisotopic (exact) mass is 359 g/mol. The number of ether oxygens (including phenoxy) is 3. The van der Waals surface area contributed by atoms with Gasteiger partial charge in [0.15, 0.2) is 18.1 Å². The summed E-state index contributed by atoms with van der Waals surface area (Å²) in [4.78, 5) is 25.0. The standard InChI is InChI=1S/C18H21N3O5/c1-2-25-16-10-13(9-14(11-19)18(20)23)3-4-15(16)26-12-17(22)21-5-7-24-8-6-21/h3-4,9-10H,2,5-8,12H2,1H3,(H2,20,23)/b14-9+. The molecule has 8 nitrogen and oxygen atoms in total. The number of carbonyl (C=O) groups excluding carboxylic acids is 2. The Hall–Kier alpha value is -3.05. The zero-order valence-electron chi connectivity index (χ0n) is 14.6. The van der Waals surface area contributed by atoms with Gasteiger partial charge in [0.05, 0.1) is 19.8 Å². The van der Waals surface area contributed by atoms with E-state index < -0.39 is 5.91 Å². The molecular formula is C18H21N3O5. The van der Waals surface area contributed by atoms with E-state index in [-0.39, 0.29) is 18.1 Å². The highest BCUT2D eigenvalue weighted by molar-refractivity contribution is 6.00. The first-order valence-corrected chi connectivity index (χ1v) is 8.22. The molecule has 2 rings (SSSR count). The van der Waals surface area contributed by atoms with Gasteiger partial charge in [0.1, 0.15) is 11.6 Å². The predicted molar refractivity (Wildman–Crippen MR) is 93.3 cm³/mol. The highest BCUT2D eigenvalue weighted by Gasteiger charge is 2.18. The molecule has 1 aliphatic heterocycles. The summed E-state index contributed by atoms with van der Waals surface area (Å²) in [7, 11) is 0. The van der Waals surface area contributed by atoms with Crippen LogP contribution in [0.5, 0.6) is 11.5 Å². The Morgan fingerprint density at radius 2 is 2.04 bits per heavy atom. The van der Waals surface area contributed by atoms with E-state index in [1.165, 1.54) is 6.08 Å². The van der Waals surface area contributed by atoms with Gasteiger partial charge in [-0.25, -0.2) is 0 Å². The van der Waals surface area contributed by atoms with E-state index in [9.17, 15) is 9.59 Å². The lowest BCUT2D eigenvalue weighted by molar-refractivity contribution is -0.137. The maximum atomic E-state index is 12.2. The van der Waals surface area contributed by atoms with Gasteiger partial charge in [-0.2, -0.15) is 5.26 Å². The van der Waals surface area contributed by atoms with Crippen LogP contribution in [0.1, 0.15) is 12.5 Å². The molecule has 26 heavy (non-hydrogen) atoms. The molecule has 1 aromatic rings. The molecule has 1 fully saturated rings. The van der Waals surface area contributed by atoms with Crippen LogP contribution in [0.2, 0.25) is 0 Å². The van der Waals surface area contributed by atoms with Gasteiger partial charge >= 0.3 is 0 Å². The summed E-state index contributed by atoms with van der Waals surface area (Å²) in [6.45, 7) is 4.25. The Kier molecular flexibility index (Phi) is 7.00. The largest absolute Gasteiger partial charge is 0.490 e. The zero-order valence-corrected chi connectivity index (χ0v) is 14.6. The summed E-state index contributed by atoms with van der Waals surface area (Å²) in [6, 6.07) is 6.64. The molecular weight excluding hydrogens is 338 g/mol. The number of nitrogens with zero attached hydrogens (tertiary/aromatic N) is 2. The first kappa shape index (κ1) is 19.3. The molecule has 8 heteroatoms. The Morgan fingerprint density at radius 1 is 1.31 bits per heavy atom. The molecule has 1 aliphatic rings. The number of rotatable bonds is 7. The van der Waals surface area contributed by atoms with Crippen molar-refractivity contribution >= 4 is 17.9 Å². The van der Waals surface area contributed by atoms with Gasteiger partial charge < -0.3 is 24.8 Å². The Bertz CT molecular complexity index is 733. The van der Waals surface area contributed by atoms with Crippen LogP contribution in [0.4, 0.5) is 0 Å². The number of amides is 2. The molecule has 138 valence electrons. The Balaban J connectivity index is 2.11. The quantitative estimate of drug-likeness (QED) is 0.566. The number of nitriles is 1. The maximum absolute atomic E-state index is 12.2. The fourth-order valence-electron chi connectivity index (χ4n) is 2.37. The third kappa shape index (κ3) is 5.22. The molecule has 0 aliphatic carbocycles. The Morgan fingerprint density at radius 3 is 2.65 bits per heavy atom. The normalized spacial score (nSPS) is 14.5. The smallest absolute Gasteiger partial charge is 0.260 e. The summed E-state index contributed by atoms with van der Waals surface area (Å²) >= 11 is 0. The molecule has 0 radical (unpaired) electrons. The number of morpholine rings is 1. The topological polar surface area (TPSA) is 115 Å². The number of primary amides is 1. The van der Waals surface area contributed by atoms with Crippen molar-refractivity contribution in [1.82, 2.24) is 4.90 Å². The van der Waals surface area contributed by atoms with E-state index in [0.29, 0.717) is 50.0 Å². The van der Waals surface area contributed by atoms with Crippen molar-refractivity contribution in [3.05, 3.63) is 29.3 Å². The highest BCUT2D eigenvalue weighted by atomic mass is 16.5. The fourth-order valence-corrected chi connectivity index (χ4v) is 2.37. The lowest BCUT2D eigenvalue weighted by atomic mass is 10.1. The highest BCUT2D eigenvalue weighted by Crippen LogP contribution is 2.29. The van der Waals surface area contributed by atoms with Crippen LogP contribution in [-0.4, -0.2) is 56.2 Å². The summed E-state index contributed by atoms with van der Waals surface area (Å²) < 4.78 is 16.4. The van der Waals surface area contributed by atoms with Crippen LogP contribution in [0.3, 0.4) is 0 Å². The fraction of sp³-hybridized carbons (Fsp3) is 0.389. The lowest BCUT2D eigenvalue weighted by Gasteiger charge is -2.26. The molecule has 1 heterocycles. The first-order chi connectivity index (χ1) is 12.5.